The predicted octanol–water partition coefficient (Wildman–Crippen LogP) is 5.77. The molecule has 4 rings (SSSR count). The average Bonchev–Trinajstić information content (AvgIpc) is 3.21. The van der Waals surface area contributed by atoms with Crippen LogP contribution in [0, 0.1) is 0 Å². The van der Waals surface area contributed by atoms with Crippen LogP contribution in [0.4, 0.5) is 32.0 Å². The number of hydrogen-bond donors (Lipinski definition) is 1. The molecule has 0 bridgehead atoms. The summed E-state index contributed by atoms with van der Waals surface area (Å²) in [6.07, 6.45) is -7.58. The number of aryl methyl sites for hydroxylation is 2. The summed E-state index contributed by atoms with van der Waals surface area (Å²) in [6, 6.07) is 4.28. The van der Waals surface area contributed by atoms with Crippen molar-refractivity contribution in [3.05, 3.63) is 63.9 Å². The van der Waals surface area contributed by atoms with Gasteiger partial charge < -0.3 is 10.2 Å². The van der Waals surface area contributed by atoms with E-state index in [9.17, 15) is 31.1 Å². The van der Waals surface area contributed by atoms with Gasteiger partial charge in [0.2, 0.25) is 5.78 Å². The van der Waals surface area contributed by atoms with Crippen LogP contribution in [0.25, 0.3) is 11.0 Å². The molecule has 0 aliphatic heterocycles. The zero-order valence-corrected chi connectivity index (χ0v) is 14.7. The summed E-state index contributed by atoms with van der Waals surface area (Å²) in [6.45, 7) is 0. The van der Waals surface area contributed by atoms with E-state index >= 15 is 0 Å². The third-order valence-electron chi connectivity index (χ3n) is 5.04. The molecule has 0 amide bonds. The molecule has 3 nitrogen and oxygen atoms in total. The fourth-order valence-electron chi connectivity index (χ4n) is 3.63. The number of alkyl halides is 6. The Kier molecular flexibility index (Phi) is 4.18. The molecule has 0 spiro atoms. The highest BCUT2D eigenvalue weighted by Gasteiger charge is 2.40. The maximum atomic E-state index is 13.4. The number of nitrogens with two attached hydrogens (primary N) is 1. The van der Waals surface area contributed by atoms with Crippen molar-refractivity contribution in [2.75, 3.05) is 5.73 Å². The van der Waals surface area contributed by atoms with Crippen LogP contribution in [0.2, 0.25) is 0 Å². The van der Waals surface area contributed by atoms with Gasteiger partial charge in [-0.25, -0.2) is 0 Å². The van der Waals surface area contributed by atoms with Crippen molar-refractivity contribution < 1.29 is 35.6 Å². The first kappa shape index (κ1) is 19.4. The van der Waals surface area contributed by atoms with E-state index in [1.165, 1.54) is 0 Å². The number of anilines is 1. The Hall–Kier alpha value is -2.97. The monoisotopic (exact) mass is 413 g/mol. The van der Waals surface area contributed by atoms with Crippen molar-refractivity contribution in [3.8, 4) is 0 Å². The first-order valence-electron chi connectivity index (χ1n) is 8.63. The molecule has 1 aliphatic rings. The van der Waals surface area contributed by atoms with Crippen LogP contribution >= 0.6 is 0 Å². The average molecular weight is 413 g/mol. The Morgan fingerprint density at radius 3 is 2.21 bits per heavy atom. The molecule has 0 unspecified atom stereocenters. The van der Waals surface area contributed by atoms with E-state index in [0.717, 1.165) is 30.4 Å². The quantitative estimate of drug-likeness (QED) is 0.429. The lowest BCUT2D eigenvalue weighted by Crippen LogP contribution is -2.17. The fourth-order valence-corrected chi connectivity index (χ4v) is 3.63. The standard InChI is InChI=1S/C20H13F6NO2/c21-19(22,23)11-4-5-12(14(8-11)20(24,25)26)17(28)18-16(27)13-6-9-2-1-3-10(9)7-15(13)29-18/h4-8H,1-3,27H2. The van der Waals surface area contributed by atoms with Gasteiger partial charge in [0.05, 0.1) is 16.8 Å². The van der Waals surface area contributed by atoms with Gasteiger partial charge in [-0.15, -0.1) is 0 Å². The van der Waals surface area contributed by atoms with Crippen LogP contribution in [0.5, 0.6) is 0 Å². The minimum atomic E-state index is -5.17. The second-order valence-corrected chi connectivity index (χ2v) is 6.90. The Balaban J connectivity index is 1.85. The van der Waals surface area contributed by atoms with Gasteiger partial charge >= 0.3 is 12.4 Å². The predicted molar refractivity (Wildman–Crippen MR) is 92.5 cm³/mol. The van der Waals surface area contributed by atoms with Gasteiger partial charge in [-0.2, -0.15) is 26.3 Å². The first-order valence-corrected chi connectivity index (χ1v) is 8.63. The second kappa shape index (κ2) is 6.27. The Labute approximate surface area is 160 Å². The van der Waals surface area contributed by atoms with Gasteiger partial charge in [-0.05, 0) is 60.7 Å². The van der Waals surface area contributed by atoms with Gasteiger partial charge in [0.25, 0.3) is 0 Å². The highest BCUT2D eigenvalue weighted by molar-refractivity contribution is 6.15. The zero-order chi connectivity index (χ0) is 21.1. The fraction of sp³-hybridized carbons (Fsp3) is 0.250. The molecule has 0 atom stereocenters. The molecular weight excluding hydrogens is 400 g/mol. The van der Waals surface area contributed by atoms with Gasteiger partial charge in [-0.3, -0.25) is 4.79 Å². The van der Waals surface area contributed by atoms with E-state index in [-0.39, 0.29) is 17.3 Å². The number of carbonyl (C=O) groups excluding carboxylic acids is 1. The van der Waals surface area contributed by atoms with E-state index in [1.807, 2.05) is 0 Å². The van der Waals surface area contributed by atoms with Crippen LogP contribution in [0.15, 0.2) is 34.7 Å². The molecule has 0 radical (unpaired) electrons. The number of fused-ring (bicyclic) bond motifs is 2. The molecule has 1 aromatic heterocycles. The molecule has 0 fully saturated rings. The summed E-state index contributed by atoms with van der Waals surface area (Å²) >= 11 is 0. The molecular formula is C20H13F6NO2. The number of rotatable bonds is 2. The topological polar surface area (TPSA) is 56.2 Å². The van der Waals surface area contributed by atoms with Gasteiger partial charge in [0.1, 0.15) is 5.58 Å². The van der Waals surface area contributed by atoms with Crippen molar-refractivity contribution in [2.24, 2.45) is 0 Å². The lowest BCUT2D eigenvalue weighted by Gasteiger charge is -2.14. The molecule has 0 saturated heterocycles. The smallest absolute Gasteiger partial charge is 0.417 e. The third kappa shape index (κ3) is 3.24. The maximum Gasteiger partial charge on any atom is 0.417 e. The molecule has 0 saturated carbocycles. The number of carbonyl (C=O) groups is 1. The van der Waals surface area contributed by atoms with Gasteiger partial charge in [-0.1, -0.05) is 0 Å². The molecule has 152 valence electrons. The molecule has 9 heteroatoms. The van der Waals surface area contributed by atoms with Crippen molar-refractivity contribution in [2.45, 2.75) is 31.6 Å². The largest absolute Gasteiger partial charge is 0.450 e. The number of halogens is 6. The summed E-state index contributed by atoms with van der Waals surface area (Å²) in [5.74, 6) is -1.74. The van der Waals surface area contributed by atoms with Crippen LogP contribution in [0.1, 0.15) is 44.8 Å². The molecule has 1 aliphatic carbocycles. The summed E-state index contributed by atoms with van der Waals surface area (Å²) in [5, 5.41) is 0.398. The lowest BCUT2D eigenvalue weighted by atomic mass is 9.98. The van der Waals surface area contributed by atoms with E-state index in [4.69, 9.17) is 10.2 Å². The summed E-state index contributed by atoms with van der Waals surface area (Å²) in [7, 11) is 0. The van der Waals surface area contributed by atoms with Gasteiger partial charge in [0.15, 0.2) is 5.76 Å². The number of ketones is 1. The number of benzene rings is 2. The van der Waals surface area contributed by atoms with Crippen LogP contribution in [-0.4, -0.2) is 5.78 Å². The SMILES string of the molecule is Nc1c(C(=O)c2ccc(C(F)(F)F)cc2C(F)(F)F)oc2cc3c(cc12)CCC3. The number of hydrogen-bond acceptors (Lipinski definition) is 3. The van der Waals surface area contributed by atoms with Crippen molar-refractivity contribution in [3.63, 3.8) is 0 Å². The summed E-state index contributed by atoms with van der Waals surface area (Å²) in [4.78, 5) is 12.8. The van der Waals surface area contributed by atoms with E-state index in [2.05, 4.69) is 0 Å². The minimum Gasteiger partial charge on any atom is -0.450 e. The van der Waals surface area contributed by atoms with Crippen molar-refractivity contribution in [1.82, 2.24) is 0 Å². The van der Waals surface area contributed by atoms with E-state index < -0.39 is 40.6 Å². The normalized spacial score (nSPS) is 14.4. The van der Waals surface area contributed by atoms with Crippen LogP contribution in [0.3, 0.4) is 0 Å². The molecule has 2 N–H and O–H groups in total. The minimum absolute atomic E-state index is 0.0827. The van der Waals surface area contributed by atoms with Crippen molar-refractivity contribution >= 4 is 22.4 Å². The Bertz CT molecular complexity index is 1140. The van der Waals surface area contributed by atoms with Crippen LogP contribution < -0.4 is 5.73 Å². The molecule has 1 heterocycles. The van der Waals surface area contributed by atoms with Crippen LogP contribution in [-0.2, 0) is 25.2 Å². The Morgan fingerprint density at radius 2 is 1.59 bits per heavy atom. The highest BCUT2D eigenvalue weighted by atomic mass is 19.4. The van der Waals surface area contributed by atoms with E-state index in [1.54, 1.807) is 12.1 Å². The van der Waals surface area contributed by atoms with Gasteiger partial charge in [0, 0.05) is 10.9 Å². The Morgan fingerprint density at radius 1 is 0.931 bits per heavy atom. The van der Waals surface area contributed by atoms with E-state index in [0.29, 0.717) is 17.5 Å². The third-order valence-corrected chi connectivity index (χ3v) is 5.04. The molecule has 3 aromatic rings. The molecule has 2 aromatic carbocycles. The first-order chi connectivity index (χ1) is 13.5. The number of nitrogen functional groups attached to an aromatic ring is 1. The summed E-state index contributed by atoms with van der Waals surface area (Å²) in [5.41, 5.74) is 3.96. The van der Waals surface area contributed by atoms with Crippen molar-refractivity contribution in [1.29, 1.82) is 0 Å². The molecule has 29 heavy (non-hydrogen) atoms. The lowest BCUT2D eigenvalue weighted by molar-refractivity contribution is -0.143. The summed E-state index contributed by atoms with van der Waals surface area (Å²) < 4.78 is 84.1. The second-order valence-electron chi connectivity index (χ2n) is 6.90. The highest BCUT2D eigenvalue weighted by Crippen LogP contribution is 2.40. The maximum absolute atomic E-state index is 13.4. The number of furan rings is 1. The zero-order valence-electron chi connectivity index (χ0n) is 14.7.